The van der Waals surface area contributed by atoms with Crippen LogP contribution in [-0.4, -0.2) is 0 Å². The van der Waals surface area contributed by atoms with Gasteiger partial charge in [-0.05, 0) is 167 Å². The first-order valence-corrected chi connectivity index (χ1v) is 29.4. The molecule has 0 spiro atoms. The number of hydrogen-bond donors (Lipinski definition) is 0. The van der Waals surface area contributed by atoms with Crippen molar-refractivity contribution in [3.05, 3.63) is 320 Å². The molecule has 0 fully saturated rings. The van der Waals surface area contributed by atoms with Gasteiger partial charge in [0.15, 0.2) is 0 Å². The minimum atomic E-state index is -0.697. The Labute approximate surface area is 469 Å². The second-order valence-electron chi connectivity index (χ2n) is 22.6. The van der Waals surface area contributed by atoms with Crippen LogP contribution in [0.1, 0.15) is 155 Å². The molecule has 0 aromatic heterocycles. The highest BCUT2D eigenvalue weighted by Crippen LogP contribution is 2.62. The summed E-state index contributed by atoms with van der Waals surface area (Å²) in [6.45, 7) is 6.96. The van der Waals surface area contributed by atoms with Crippen LogP contribution in [0.15, 0.2) is 231 Å². The lowest BCUT2D eigenvalue weighted by molar-refractivity contribution is 0.705. The fourth-order valence-electron chi connectivity index (χ4n) is 15.0. The highest BCUT2D eigenvalue weighted by atomic mass is 14.5. The van der Waals surface area contributed by atoms with Crippen LogP contribution in [0.25, 0.3) is 33.4 Å². The van der Waals surface area contributed by atoms with E-state index >= 15 is 0 Å². The molecule has 10 aromatic carbocycles. The standard InChI is InChI=1S/C78H69N/c1-4-7-24-54-39-45-58(46-40-54)77(70-35-17-11-29-64(70)65-30-12-18-36-71(65)77)74-52-60(49-43-56(74)23-6-3)76(68-33-15-9-27-62(68)63-28-10-16-34-69(63)76)61-50-44-57(26-8-5-2)75(53-61)78(59-47-41-55(42-48-59)25-21-22-51-79)72-37-19-13-31-66(72)67-32-14-20-38-73(67)78/h9-20,27-50,52-53H,4-8,21-26H2,1-3H3. The maximum Gasteiger partial charge on any atom is 0.0716 e. The van der Waals surface area contributed by atoms with Crippen molar-refractivity contribution in [1.29, 1.82) is 5.26 Å². The van der Waals surface area contributed by atoms with E-state index < -0.39 is 16.2 Å². The average molecular weight is 1020 g/mol. The van der Waals surface area contributed by atoms with Crippen molar-refractivity contribution >= 4 is 0 Å². The number of aryl methyl sites for hydroxylation is 4. The number of fused-ring (bicyclic) bond motifs is 9. The molecule has 0 N–H and O–H groups in total. The average Bonchev–Trinajstić information content (AvgIpc) is 4.28. The van der Waals surface area contributed by atoms with Gasteiger partial charge in [-0.1, -0.05) is 271 Å². The van der Waals surface area contributed by atoms with E-state index in [-0.39, 0.29) is 0 Å². The Bertz CT molecular complexity index is 3800. The molecule has 0 amide bonds. The van der Waals surface area contributed by atoms with Crippen molar-refractivity contribution in [2.45, 2.75) is 108 Å². The second-order valence-corrected chi connectivity index (χ2v) is 22.6. The van der Waals surface area contributed by atoms with Crippen molar-refractivity contribution in [2.24, 2.45) is 0 Å². The minimum absolute atomic E-state index is 0.560. The zero-order valence-electron chi connectivity index (χ0n) is 46.2. The zero-order chi connectivity index (χ0) is 53.6. The van der Waals surface area contributed by atoms with Crippen LogP contribution in [0.4, 0.5) is 0 Å². The molecule has 3 aliphatic rings. The van der Waals surface area contributed by atoms with Gasteiger partial charge in [0.25, 0.3) is 0 Å². The van der Waals surface area contributed by atoms with E-state index in [0.717, 1.165) is 51.4 Å². The highest BCUT2D eigenvalue weighted by Gasteiger charge is 2.52. The van der Waals surface area contributed by atoms with Gasteiger partial charge < -0.3 is 0 Å². The van der Waals surface area contributed by atoms with Gasteiger partial charge in [-0.25, -0.2) is 0 Å². The van der Waals surface area contributed by atoms with Crippen molar-refractivity contribution in [1.82, 2.24) is 0 Å². The Morgan fingerprint density at radius 3 is 0.962 bits per heavy atom. The summed E-state index contributed by atoms with van der Waals surface area (Å²) in [6, 6.07) is 92.8. The first kappa shape index (κ1) is 50.2. The summed E-state index contributed by atoms with van der Waals surface area (Å²) < 4.78 is 0. The first-order valence-electron chi connectivity index (χ1n) is 29.4. The van der Waals surface area contributed by atoms with Crippen LogP contribution < -0.4 is 0 Å². The molecule has 0 saturated heterocycles. The van der Waals surface area contributed by atoms with Crippen LogP contribution >= 0.6 is 0 Å². The van der Waals surface area contributed by atoms with Gasteiger partial charge in [0.2, 0.25) is 0 Å². The molecule has 1 nitrogen and oxygen atoms in total. The molecule has 0 aliphatic heterocycles. The lowest BCUT2D eigenvalue weighted by atomic mass is 9.61. The Hall–Kier alpha value is -8.31. The summed E-state index contributed by atoms with van der Waals surface area (Å²) in [5.74, 6) is 0. The van der Waals surface area contributed by atoms with E-state index in [9.17, 15) is 5.26 Å². The molecule has 0 heterocycles. The van der Waals surface area contributed by atoms with Crippen molar-refractivity contribution < 1.29 is 0 Å². The summed E-state index contributed by atoms with van der Waals surface area (Å²) in [7, 11) is 0. The van der Waals surface area contributed by atoms with E-state index in [2.05, 4.69) is 257 Å². The number of rotatable bonds is 17. The number of benzene rings is 10. The Kier molecular flexibility index (Phi) is 13.2. The van der Waals surface area contributed by atoms with Crippen LogP contribution in [0.2, 0.25) is 0 Å². The van der Waals surface area contributed by atoms with Crippen molar-refractivity contribution in [3.8, 4) is 39.4 Å². The maximum absolute atomic E-state index is 9.47. The fourth-order valence-corrected chi connectivity index (χ4v) is 15.0. The summed E-state index contributed by atoms with van der Waals surface area (Å²) in [6.07, 6.45) is 10.9. The van der Waals surface area contributed by atoms with Gasteiger partial charge in [-0.3, -0.25) is 0 Å². The molecule has 1 heteroatoms. The van der Waals surface area contributed by atoms with Gasteiger partial charge in [0.1, 0.15) is 0 Å². The molecule has 0 atom stereocenters. The third-order valence-corrected chi connectivity index (χ3v) is 18.4. The molecule has 13 rings (SSSR count). The van der Waals surface area contributed by atoms with Gasteiger partial charge in [0.05, 0.1) is 22.3 Å². The number of hydrogen-bond acceptors (Lipinski definition) is 1. The Morgan fingerprint density at radius 2 is 0.608 bits per heavy atom. The van der Waals surface area contributed by atoms with E-state index in [1.165, 1.54) is 135 Å². The first-order chi connectivity index (χ1) is 39.0. The third kappa shape index (κ3) is 7.70. The smallest absolute Gasteiger partial charge is 0.0716 e. The molecule has 0 unspecified atom stereocenters. The number of unbranched alkanes of at least 4 members (excludes halogenated alkanes) is 3. The van der Waals surface area contributed by atoms with Crippen LogP contribution in [0.5, 0.6) is 0 Å². The van der Waals surface area contributed by atoms with Gasteiger partial charge in [0, 0.05) is 6.42 Å². The number of nitrogens with zero attached hydrogens (tertiary/aromatic N) is 1. The van der Waals surface area contributed by atoms with Crippen LogP contribution in [0.3, 0.4) is 0 Å². The third-order valence-electron chi connectivity index (χ3n) is 18.4. The predicted molar refractivity (Wildman–Crippen MR) is 328 cm³/mol. The summed E-state index contributed by atoms with van der Waals surface area (Å²) in [5.41, 5.74) is 27.3. The van der Waals surface area contributed by atoms with Gasteiger partial charge >= 0.3 is 0 Å². The molecule has 0 radical (unpaired) electrons. The number of nitriles is 1. The van der Waals surface area contributed by atoms with E-state index in [1.54, 1.807) is 0 Å². The molecular formula is C78H69N. The second kappa shape index (κ2) is 20.8. The largest absolute Gasteiger partial charge is 0.198 e. The lowest BCUT2D eigenvalue weighted by Crippen LogP contribution is -2.34. The highest BCUT2D eigenvalue weighted by molar-refractivity contribution is 5.91. The fraction of sp³-hybridized carbons (Fsp3) is 0.218. The Morgan fingerprint density at radius 1 is 0.291 bits per heavy atom. The predicted octanol–water partition coefficient (Wildman–Crippen LogP) is 19.3. The summed E-state index contributed by atoms with van der Waals surface area (Å²) in [5, 5.41) is 9.47. The monoisotopic (exact) mass is 1020 g/mol. The van der Waals surface area contributed by atoms with Crippen molar-refractivity contribution in [2.75, 3.05) is 0 Å². The SMILES string of the molecule is CCCCc1ccc(C2(c3cc(C4(c5ccc(CCCC)c(C6(c7ccc(CCCC#N)cc7)c7ccccc7-c7ccccc76)c5)c5ccccc5-c5ccccc54)ccc3CCC)c3ccccc3-c3ccccc32)cc1. The van der Waals surface area contributed by atoms with E-state index in [4.69, 9.17) is 0 Å². The van der Waals surface area contributed by atoms with Crippen LogP contribution in [0, 0.1) is 11.3 Å². The Balaban J connectivity index is 1.14. The molecule has 3 aliphatic carbocycles. The van der Waals surface area contributed by atoms with Gasteiger partial charge in [-0.15, -0.1) is 0 Å². The molecule has 79 heavy (non-hydrogen) atoms. The van der Waals surface area contributed by atoms with Gasteiger partial charge in [-0.2, -0.15) is 5.26 Å². The van der Waals surface area contributed by atoms with E-state index in [0.29, 0.717) is 6.42 Å². The molecular weight excluding hydrogens is 951 g/mol. The maximum atomic E-state index is 9.47. The summed E-state index contributed by atoms with van der Waals surface area (Å²) in [4.78, 5) is 0. The van der Waals surface area contributed by atoms with E-state index in [1.807, 2.05) is 0 Å². The molecule has 0 bridgehead atoms. The molecule has 386 valence electrons. The normalized spacial score (nSPS) is 14.4. The minimum Gasteiger partial charge on any atom is -0.198 e. The molecule has 10 aromatic rings. The summed E-state index contributed by atoms with van der Waals surface area (Å²) >= 11 is 0. The topological polar surface area (TPSA) is 23.8 Å². The van der Waals surface area contributed by atoms with Crippen LogP contribution in [-0.2, 0) is 41.9 Å². The molecule has 0 saturated carbocycles. The lowest BCUT2D eigenvalue weighted by Gasteiger charge is -2.40. The van der Waals surface area contributed by atoms with Crippen molar-refractivity contribution in [3.63, 3.8) is 0 Å². The quantitative estimate of drug-likeness (QED) is 0.0834. The zero-order valence-corrected chi connectivity index (χ0v) is 46.2.